The highest BCUT2D eigenvalue weighted by molar-refractivity contribution is 7.14. The van der Waals surface area contributed by atoms with Crippen molar-refractivity contribution in [2.45, 2.75) is 38.0 Å². The first-order chi connectivity index (χ1) is 22.7. The number of carbonyl (C=O) groups is 2. The zero-order chi connectivity index (χ0) is 33.5. The van der Waals surface area contributed by atoms with Crippen molar-refractivity contribution in [1.29, 1.82) is 0 Å². The molecule has 14 heteroatoms. The number of para-hydroxylation sites is 1. The van der Waals surface area contributed by atoms with Crippen LogP contribution in [0.25, 0.3) is 0 Å². The van der Waals surface area contributed by atoms with Gasteiger partial charge in [-0.2, -0.15) is 0 Å². The van der Waals surface area contributed by atoms with Gasteiger partial charge in [-0.25, -0.2) is 19.0 Å². The van der Waals surface area contributed by atoms with Crippen molar-refractivity contribution < 1.29 is 43.4 Å². The van der Waals surface area contributed by atoms with Gasteiger partial charge in [0.2, 0.25) is 0 Å². The van der Waals surface area contributed by atoms with Gasteiger partial charge in [-0.15, -0.1) is 11.3 Å². The third kappa shape index (κ3) is 8.94. The van der Waals surface area contributed by atoms with E-state index in [0.29, 0.717) is 55.3 Å². The minimum Gasteiger partial charge on any atom is -0.870 e. The van der Waals surface area contributed by atoms with E-state index in [1.165, 1.54) is 31.3 Å². The molecule has 1 saturated heterocycles. The molecule has 1 fully saturated rings. The first-order valence-corrected chi connectivity index (χ1v) is 16.5. The lowest BCUT2D eigenvalue weighted by Crippen LogP contribution is -2.39. The second-order valence-corrected chi connectivity index (χ2v) is 13.0. The Bertz CT molecular complexity index is 1700. The van der Waals surface area contributed by atoms with Crippen molar-refractivity contribution in [3.05, 3.63) is 104 Å². The van der Waals surface area contributed by atoms with Gasteiger partial charge in [-0.05, 0) is 61.9 Å². The predicted octanol–water partition coefficient (Wildman–Crippen LogP) is 7.23. The lowest BCUT2D eigenvalue weighted by atomic mass is 10.0. The Labute approximate surface area is 292 Å². The molecule has 0 radical (unpaired) electrons. The molecule has 0 spiro atoms. The second-order valence-electron chi connectivity index (χ2n) is 11.0. The van der Waals surface area contributed by atoms with E-state index in [4.69, 9.17) is 42.1 Å². The van der Waals surface area contributed by atoms with Crippen molar-refractivity contribution in [2.24, 2.45) is 0 Å². The van der Waals surface area contributed by atoms with Crippen LogP contribution in [-0.2, 0) is 22.4 Å². The SMILES string of the molecule is COc1ccc([C@H](Cc2c(Cl)c[nH+]cc2Cl)OC(=O)c2ccc(CN(C(=O)OC3CCN(C)CC3)c3ccccc3F)s2)cc1OC.[OH-]. The number of H-pyrrole nitrogens is 1. The highest BCUT2D eigenvalue weighted by Crippen LogP contribution is 2.36. The molecule has 2 aromatic heterocycles. The van der Waals surface area contributed by atoms with Crippen LogP contribution in [-0.4, -0.2) is 62.9 Å². The van der Waals surface area contributed by atoms with Crippen LogP contribution in [0.15, 0.2) is 67.0 Å². The van der Waals surface area contributed by atoms with Gasteiger partial charge in [-0.1, -0.05) is 41.4 Å². The first-order valence-electron chi connectivity index (χ1n) is 14.9. The smallest absolute Gasteiger partial charge is 0.414 e. The third-order valence-electron chi connectivity index (χ3n) is 7.89. The van der Waals surface area contributed by atoms with E-state index in [0.717, 1.165) is 24.4 Å². The van der Waals surface area contributed by atoms with Gasteiger partial charge >= 0.3 is 12.1 Å². The Morgan fingerprint density at radius 3 is 2.38 bits per heavy atom. The van der Waals surface area contributed by atoms with Crippen molar-refractivity contribution in [3.63, 3.8) is 0 Å². The van der Waals surface area contributed by atoms with Gasteiger partial charge in [0.15, 0.2) is 23.9 Å². The number of benzene rings is 2. The summed E-state index contributed by atoms with van der Waals surface area (Å²) >= 11 is 14.1. The molecule has 4 aromatic rings. The Hall–Kier alpha value is -3.94. The number of ether oxygens (including phenoxy) is 4. The number of anilines is 1. The number of methoxy groups -OCH3 is 2. The number of hydrogen-bond donors (Lipinski definition) is 0. The Morgan fingerprint density at radius 2 is 1.71 bits per heavy atom. The zero-order valence-electron chi connectivity index (χ0n) is 26.6. The minimum absolute atomic E-state index is 0. The number of piperidine rings is 1. The molecular weight excluding hydrogens is 684 g/mol. The van der Waals surface area contributed by atoms with Gasteiger partial charge in [0.25, 0.3) is 0 Å². The van der Waals surface area contributed by atoms with Gasteiger partial charge < -0.3 is 29.3 Å². The largest absolute Gasteiger partial charge is 0.870 e. The molecule has 1 aliphatic rings. The Balaban J connectivity index is 0.00000520. The van der Waals surface area contributed by atoms with Crippen LogP contribution in [0, 0.1) is 5.82 Å². The van der Waals surface area contributed by atoms with Crippen molar-refractivity contribution in [2.75, 3.05) is 39.3 Å². The molecule has 1 amide bonds. The topological polar surface area (TPSA) is 122 Å². The molecule has 0 unspecified atom stereocenters. The maximum atomic E-state index is 14.9. The summed E-state index contributed by atoms with van der Waals surface area (Å²) in [6.45, 7) is 1.61. The molecule has 0 aliphatic carbocycles. The number of thiophene rings is 1. The summed E-state index contributed by atoms with van der Waals surface area (Å²) in [6.07, 6.45) is 3.05. The number of amides is 1. The number of aromatic amines is 1. The second kappa shape index (κ2) is 16.9. The highest BCUT2D eigenvalue weighted by Gasteiger charge is 2.28. The summed E-state index contributed by atoms with van der Waals surface area (Å²) in [6, 6.07) is 14.6. The number of carbonyl (C=O) groups excluding carboxylic acids is 2. The van der Waals surface area contributed by atoms with Crippen LogP contribution in [0.1, 0.15) is 44.6 Å². The number of pyridine rings is 1. The molecule has 1 atom stereocenters. The maximum absolute atomic E-state index is 14.9. The van der Waals surface area contributed by atoms with Gasteiger partial charge in [0.1, 0.15) is 32.9 Å². The van der Waals surface area contributed by atoms with Crippen molar-refractivity contribution >= 4 is 52.3 Å². The molecule has 1 aliphatic heterocycles. The molecule has 10 nitrogen and oxygen atoms in total. The average Bonchev–Trinajstić information content (AvgIpc) is 3.55. The van der Waals surface area contributed by atoms with E-state index < -0.39 is 24.0 Å². The zero-order valence-corrected chi connectivity index (χ0v) is 28.9. The monoisotopic (exact) mass is 719 g/mol. The molecule has 0 bridgehead atoms. The van der Waals surface area contributed by atoms with Gasteiger partial charge in [0, 0.05) is 30.0 Å². The first kappa shape index (κ1) is 36.9. The quantitative estimate of drug-likeness (QED) is 0.149. The van der Waals surface area contributed by atoms with Crippen LogP contribution < -0.4 is 19.4 Å². The summed E-state index contributed by atoms with van der Waals surface area (Å²) in [5, 5.41) is 0.774. The lowest BCUT2D eigenvalue weighted by Gasteiger charge is -2.31. The minimum atomic E-state index is -0.801. The summed E-state index contributed by atoms with van der Waals surface area (Å²) in [7, 11) is 5.07. The fraction of sp³-hybridized carbons (Fsp3) is 0.324. The molecule has 256 valence electrons. The number of nitrogens with zero attached hydrogens (tertiary/aromatic N) is 2. The Kier molecular flexibility index (Phi) is 13.0. The number of hydrogen-bond acceptors (Lipinski definition) is 9. The molecule has 0 saturated carbocycles. The van der Waals surface area contributed by atoms with Crippen LogP contribution in [0.5, 0.6) is 11.5 Å². The molecule has 3 heterocycles. The van der Waals surface area contributed by atoms with E-state index in [9.17, 15) is 14.0 Å². The van der Waals surface area contributed by atoms with Gasteiger partial charge in [-0.3, -0.25) is 4.90 Å². The van der Waals surface area contributed by atoms with E-state index >= 15 is 0 Å². The van der Waals surface area contributed by atoms with E-state index in [-0.39, 0.29) is 30.2 Å². The number of aromatic nitrogens is 1. The molecule has 2 aromatic carbocycles. The fourth-order valence-electron chi connectivity index (χ4n) is 5.28. The summed E-state index contributed by atoms with van der Waals surface area (Å²) in [5.74, 6) is -0.175. The standard InChI is InChI=1S/C34H34Cl2FN3O6S.H2O/c1-39-14-12-22(13-15-39)45-34(42)40(28-7-5-4-6-27(28)37)20-23-9-11-32(47-23)33(41)46-30(17-24-25(35)18-38-19-26(24)36)21-8-10-29(43-2)31(16-21)44-3;/h4-11,16,18-19,22,30H,12-15,17,20H2,1-3H3;1H2/t30-;/m0./s1. The van der Waals surface area contributed by atoms with Crippen LogP contribution >= 0.6 is 34.5 Å². The molecule has 2 N–H and O–H groups in total. The van der Waals surface area contributed by atoms with Crippen LogP contribution in [0.2, 0.25) is 10.0 Å². The lowest BCUT2D eigenvalue weighted by molar-refractivity contribution is -0.377. The average molecular weight is 721 g/mol. The van der Waals surface area contributed by atoms with Crippen molar-refractivity contribution in [1.82, 2.24) is 4.90 Å². The normalized spacial score (nSPS) is 14.0. The van der Waals surface area contributed by atoms with Crippen LogP contribution in [0.3, 0.4) is 0 Å². The summed E-state index contributed by atoms with van der Waals surface area (Å²) < 4.78 is 37.7. The van der Waals surface area contributed by atoms with E-state index in [1.807, 2.05) is 7.05 Å². The van der Waals surface area contributed by atoms with Crippen LogP contribution in [0.4, 0.5) is 14.9 Å². The number of nitrogens with one attached hydrogen (secondary N) is 1. The van der Waals surface area contributed by atoms with E-state index in [2.05, 4.69) is 9.88 Å². The number of esters is 1. The Morgan fingerprint density at radius 1 is 1.02 bits per heavy atom. The van der Waals surface area contributed by atoms with Gasteiger partial charge in [0.05, 0.1) is 26.5 Å². The predicted molar refractivity (Wildman–Crippen MR) is 180 cm³/mol. The molecule has 5 rings (SSSR count). The summed E-state index contributed by atoms with van der Waals surface area (Å²) in [5.41, 5.74) is 1.32. The van der Waals surface area contributed by atoms with E-state index in [1.54, 1.807) is 54.9 Å². The maximum Gasteiger partial charge on any atom is 0.414 e. The number of halogens is 3. The summed E-state index contributed by atoms with van der Waals surface area (Å²) in [4.78, 5) is 34.3. The number of likely N-dealkylation sites (tertiary alicyclic amines) is 1. The highest BCUT2D eigenvalue weighted by atomic mass is 35.5. The third-order valence-corrected chi connectivity index (χ3v) is 9.61. The fourth-order valence-corrected chi connectivity index (χ4v) is 6.69. The molecular formula is C34H36Cl2FN3O7S. The number of rotatable bonds is 11. The van der Waals surface area contributed by atoms with Crippen molar-refractivity contribution in [3.8, 4) is 11.5 Å². The molecule has 48 heavy (non-hydrogen) atoms.